The Hall–Kier alpha value is -0.430. The van der Waals surface area contributed by atoms with Crippen LogP contribution < -0.4 is 5.73 Å². The molecule has 5 heteroatoms. The Labute approximate surface area is 80.9 Å². The molecule has 0 spiro atoms. The molecule has 11 heavy (non-hydrogen) atoms. The Morgan fingerprint density at radius 2 is 2.36 bits per heavy atom. The highest BCUT2D eigenvalue weighted by atomic mass is 127. The molecule has 0 radical (unpaired) electrons. The molecular formula is C6H4IN3S. The first-order chi connectivity index (χ1) is 5.27. The molecule has 0 amide bonds. The van der Waals surface area contributed by atoms with Crippen LogP contribution >= 0.6 is 34.1 Å². The van der Waals surface area contributed by atoms with Crippen molar-refractivity contribution in [2.24, 2.45) is 0 Å². The molecule has 0 saturated heterocycles. The average molecular weight is 277 g/mol. The van der Waals surface area contributed by atoms with Crippen LogP contribution in [0.4, 0.5) is 5.00 Å². The lowest BCUT2D eigenvalue weighted by Gasteiger charge is -1.88. The van der Waals surface area contributed by atoms with Gasteiger partial charge in [-0.15, -0.1) is 0 Å². The minimum absolute atomic E-state index is 0.691. The average Bonchev–Trinajstić information content (AvgIpc) is 2.32. The minimum Gasteiger partial charge on any atom is -0.388 e. The van der Waals surface area contributed by atoms with Crippen molar-refractivity contribution in [3.8, 4) is 0 Å². The first-order valence-electron chi connectivity index (χ1n) is 2.94. The molecule has 2 aromatic heterocycles. The molecule has 0 aliphatic carbocycles. The highest BCUT2D eigenvalue weighted by Crippen LogP contribution is 2.22. The highest BCUT2D eigenvalue weighted by Gasteiger charge is 2.02. The second kappa shape index (κ2) is 2.56. The first kappa shape index (κ1) is 7.23. The van der Waals surface area contributed by atoms with Gasteiger partial charge in [-0.1, -0.05) is 0 Å². The number of halogens is 1. The SMILES string of the molecule is Nc1snc2cc(I)cnc12. The van der Waals surface area contributed by atoms with E-state index in [2.05, 4.69) is 31.9 Å². The summed E-state index contributed by atoms with van der Waals surface area (Å²) < 4.78 is 5.21. The fourth-order valence-electron chi connectivity index (χ4n) is 0.830. The third-order valence-electron chi connectivity index (χ3n) is 1.31. The lowest BCUT2D eigenvalue weighted by Crippen LogP contribution is -1.82. The van der Waals surface area contributed by atoms with E-state index in [-0.39, 0.29) is 0 Å². The largest absolute Gasteiger partial charge is 0.388 e. The van der Waals surface area contributed by atoms with Crippen LogP contribution in [-0.4, -0.2) is 9.36 Å². The number of rotatable bonds is 0. The molecular weight excluding hydrogens is 273 g/mol. The molecule has 2 aromatic rings. The summed E-state index contributed by atoms with van der Waals surface area (Å²) in [4.78, 5) is 4.16. The maximum Gasteiger partial charge on any atom is 0.133 e. The molecule has 3 nitrogen and oxygen atoms in total. The van der Waals surface area contributed by atoms with Gasteiger partial charge in [0.1, 0.15) is 16.0 Å². The van der Waals surface area contributed by atoms with Gasteiger partial charge in [-0.3, -0.25) is 4.98 Å². The van der Waals surface area contributed by atoms with Gasteiger partial charge in [0, 0.05) is 9.77 Å². The summed E-state index contributed by atoms with van der Waals surface area (Å²) in [5.74, 6) is 0. The molecule has 0 aliphatic rings. The van der Waals surface area contributed by atoms with E-state index in [9.17, 15) is 0 Å². The lowest BCUT2D eigenvalue weighted by atomic mass is 10.4. The summed E-state index contributed by atoms with van der Waals surface area (Å²) >= 11 is 3.49. The molecule has 0 fully saturated rings. The number of nitrogen functional groups attached to an aromatic ring is 1. The van der Waals surface area contributed by atoms with E-state index in [0.29, 0.717) is 5.00 Å². The third-order valence-corrected chi connectivity index (χ3v) is 2.58. The number of aromatic nitrogens is 2. The molecule has 0 aliphatic heterocycles. The van der Waals surface area contributed by atoms with Crippen molar-refractivity contribution < 1.29 is 0 Å². The number of hydrogen-bond donors (Lipinski definition) is 1. The molecule has 0 unspecified atom stereocenters. The highest BCUT2D eigenvalue weighted by molar-refractivity contribution is 14.1. The Balaban J connectivity index is 2.86. The maximum atomic E-state index is 5.62. The Morgan fingerprint density at radius 1 is 1.55 bits per heavy atom. The predicted molar refractivity (Wildman–Crippen MR) is 54.5 cm³/mol. The van der Waals surface area contributed by atoms with Crippen molar-refractivity contribution in [1.29, 1.82) is 0 Å². The van der Waals surface area contributed by atoms with Crippen molar-refractivity contribution in [2.45, 2.75) is 0 Å². The number of nitrogens with zero attached hydrogens (tertiary/aromatic N) is 2. The van der Waals surface area contributed by atoms with Gasteiger partial charge in [0.15, 0.2) is 0 Å². The second-order valence-electron chi connectivity index (χ2n) is 2.07. The normalized spacial score (nSPS) is 10.6. The summed E-state index contributed by atoms with van der Waals surface area (Å²) in [6.07, 6.45) is 1.79. The van der Waals surface area contributed by atoms with Crippen LogP contribution in [-0.2, 0) is 0 Å². The van der Waals surface area contributed by atoms with Gasteiger partial charge in [0.05, 0.1) is 0 Å². The fraction of sp³-hybridized carbons (Fsp3) is 0. The van der Waals surface area contributed by atoms with Gasteiger partial charge in [-0.2, -0.15) is 4.37 Å². The zero-order valence-corrected chi connectivity index (χ0v) is 8.39. The van der Waals surface area contributed by atoms with Crippen LogP contribution in [0.2, 0.25) is 0 Å². The standard InChI is InChI=1S/C6H4IN3S/c7-3-1-4-5(9-2-3)6(8)11-10-4/h1-2H,8H2. The number of hydrogen-bond acceptors (Lipinski definition) is 4. The topological polar surface area (TPSA) is 51.8 Å². The Bertz CT molecular complexity index is 398. The van der Waals surface area contributed by atoms with Crippen molar-refractivity contribution in [1.82, 2.24) is 9.36 Å². The van der Waals surface area contributed by atoms with Crippen LogP contribution in [0.5, 0.6) is 0 Å². The van der Waals surface area contributed by atoms with E-state index < -0.39 is 0 Å². The summed E-state index contributed by atoms with van der Waals surface area (Å²) in [6.45, 7) is 0. The van der Waals surface area contributed by atoms with Gasteiger partial charge >= 0.3 is 0 Å². The fourth-order valence-corrected chi connectivity index (χ4v) is 1.84. The molecule has 2 N–H and O–H groups in total. The Kier molecular flexibility index (Phi) is 1.68. The van der Waals surface area contributed by atoms with Gasteiger partial charge in [0.2, 0.25) is 0 Å². The third kappa shape index (κ3) is 1.18. The molecule has 0 aromatic carbocycles. The van der Waals surface area contributed by atoms with E-state index >= 15 is 0 Å². The number of nitrogens with two attached hydrogens (primary N) is 1. The van der Waals surface area contributed by atoms with E-state index in [4.69, 9.17) is 5.73 Å². The molecule has 0 bridgehead atoms. The molecule has 2 rings (SSSR count). The lowest BCUT2D eigenvalue weighted by molar-refractivity contribution is 1.39. The van der Waals surface area contributed by atoms with Crippen molar-refractivity contribution >= 4 is 50.2 Å². The van der Waals surface area contributed by atoms with Gasteiger partial charge < -0.3 is 5.73 Å². The molecule has 2 heterocycles. The van der Waals surface area contributed by atoms with Gasteiger partial charge in [0.25, 0.3) is 0 Å². The summed E-state index contributed by atoms with van der Waals surface area (Å²) in [7, 11) is 0. The molecule has 56 valence electrons. The van der Waals surface area contributed by atoms with Crippen molar-refractivity contribution in [2.75, 3.05) is 5.73 Å². The number of fused-ring (bicyclic) bond motifs is 1. The summed E-state index contributed by atoms with van der Waals surface area (Å²) in [5, 5.41) is 0.691. The monoisotopic (exact) mass is 277 g/mol. The molecule has 0 saturated carbocycles. The van der Waals surface area contributed by atoms with E-state index in [1.807, 2.05) is 6.07 Å². The van der Waals surface area contributed by atoms with Gasteiger partial charge in [-0.05, 0) is 40.2 Å². The van der Waals surface area contributed by atoms with E-state index in [0.717, 1.165) is 14.6 Å². The summed E-state index contributed by atoms with van der Waals surface area (Å²) in [6, 6.07) is 1.97. The minimum atomic E-state index is 0.691. The van der Waals surface area contributed by atoms with Crippen molar-refractivity contribution in [3.05, 3.63) is 15.8 Å². The number of anilines is 1. The van der Waals surface area contributed by atoms with E-state index in [1.54, 1.807) is 6.20 Å². The van der Waals surface area contributed by atoms with Crippen LogP contribution in [0, 0.1) is 3.57 Å². The van der Waals surface area contributed by atoms with Crippen LogP contribution in [0.15, 0.2) is 12.3 Å². The Morgan fingerprint density at radius 3 is 3.18 bits per heavy atom. The van der Waals surface area contributed by atoms with Gasteiger partial charge in [-0.25, -0.2) is 0 Å². The predicted octanol–water partition coefficient (Wildman–Crippen LogP) is 1.88. The summed E-state index contributed by atoms with van der Waals surface area (Å²) in [5.41, 5.74) is 7.32. The number of pyridine rings is 1. The second-order valence-corrected chi connectivity index (χ2v) is 4.12. The van der Waals surface area contributed by atoms with Crippen molar-refractivity contribution in [3.63, 3.8) is 0 Å². The maximum absolute atomic E-state index is 5.62. The smallest absolute Gasteiger partial charge is 0.133 e. The zero-order valence-electron chi connectivity index (χ0n) is 5.41. The van der Waals surface area contributed by atoms with Crippen LogP contribution in [0.1, 0.15) is 0 Å². The quantitative estimate of drug-likeness (QED) is 0.748. The van der Waals surface area contributed by atoms with Crippen LogP contribution in [0.25, 0.3) is 11.0 Å². The molecule has 0 atom stereocenters. The van der Waals surface area contributed by atoms with E-state index in [1.165, 1.54) is 11.5 Å². The zero-order chi connectivity index (χ0) is 7.84. The van der Waals surface area contributed by atoms with Crippen LogP contribution in [0.3, 0.4) is 0 Å². The first-order valence-corrected chi connectivity index (χ1v) is 4.79.